The normalized spacial score (nSPS) is 19.1. The summed E-state index contributed by atoms with van der Waals surface area (Å²) in [5, 5.41) is 7.32. The lowest BCUT2D eigenvalue weighted by atomic mass is 9.95. The van der Waals surface area contributed by atoms with Crippen molar-refractivity contribution in [2.75, 3.05) is 0 Å². The molecule has 0 saturated heterocycles. The average molecular weight is 257 g/mol. The van der Waals surface area contributed by atoms with Crippen LogP contribution in [-0.4, -0.2) is 39.4 Å². The highest BCUT2D eigenvalue weighted by molar-refractivity contribution is 6.04. The molecule has 0 bridgehead atoms. The van der Waals surface area contributed by atoms with E-state index in [1.165, 1.54) is 32.1 Å². The molecule has 1 aliphatic rings. The Morgan fingerprint density at radius 3 is 1.82 bits per heavy atom. The standard InChI is InChI=1S/C13H31N3Si/c1-10(2)14-13(15-11(3)4)16(17)12-8-6-5-7-9-12/h10-15H,5-9H2,1-4,17H3. The Balaban J connectivity index is 2.53. The average Bonchev–Trinajstić information content (AvgIpc) is 2.27. The second-order valence-corrected chi connectivity index (χ2v) is 7.04. The van der Waals surface area contributed by atoms with Gasteiger partial charge in [-0.15, -0.1) is 0 Å². The van der Waals surface area contributed by atoms with Crippen molar-refractivity contribution in [3.05, 3.63) is 0 Å². The number of nitrogens with zero attached hydrogens (tertiary/aromatic N) is 1. The van der Waals surface area contributed by atoms with Gasteiger partial charge in [0.15, 0.2) is 0 Å². The molecular formula is C13H31N3Si. The van der Waals surface area contributed by atoms with E-state index in [1.807, 2.05) is 0 Å². The van der Waals surface area contributed by atoms with Crippen LogP contribution in [0.5, 0.6) is 0 Å². The smallest absolute Gasteiger partial charge is 0.108 e. The van der Waals surface area contributed by atoms with Gasteiger partial charge in [-0.25, -0.2) is 0 Å². The van der Waals surface area contributed by atoms with E-state index in [0.29, 0.717) is 18.4 Å². The summed E-state index contributed by atoms with van der Waals surface area (Å²) >= 11 is 0. The van der Waals surface area contributed by atoms with Gasteiger partial charge in [0.25, 0.3) is 0 Å². The first-order chi connectivity index (χ1) is 8.00. The molecule has 3 nitrogen and oxygen atoms in total. The summed E-state index contributed by atoms with van der Waals surface area (Å²) in [6, 6.07) is 1.87. The minimum atomic E-state index is 0.366. The van der Waals surface area contributed by atoms with E-state index in [9.17, 15) is 0 Å². The van der Waals surface area contributed by atoms with Crippen molar-refractivity contribution in [3.8, 4) is 0 Å². The molecule has 0 unspecified atom stereocenters. The first-order valence-corrected chi connectivity index (χ1v) is 8.14. The fourth-order valence-corrected chi connectivity index (χ4v) is 3.43. The largest absolute Gasteiger partial charge is 0.304 e. The molecule has 1 rings (SSSR count). The minimum absolute atomic E-state index is 0.366. The van der Waals surface area contributed by atoms with Gasteiger partial charge in [0.2, 0.25) is 0 Å². The van der Waals surface area contributed by atoms with Crippen LogP contribution in [0, 0.1) is 0 Å². The Bertz CT molecular complexity index is 193. The zero-order chi connectivity index (χ0) is 12.8. The van der Waals surface area contributed by atoms with Crippen LogP contribution in [-0.2, 0) is 0 Å². The van der Waals surface area contributed by atoms with Gasteiger partial charge < -0.3 is 4.57 Å². The molecule has 0 aliphatic heterocycles. The van der Waals surface area contributed by atoms with E-state index >= 15 is 0 Å². The van der Waals surface area contributed by atoms with Crippen LogP contribution in [0.15, 0.2) is 0 Å². The van der Waals surface area contributed by atoms with Crippen LogP contribution in [0.4, 0.5) is 0 Å². The van der Waals surface area contributed by atoms with Gasteiger partial charge in [-0.3, -0.25) is 10.6 Å². The second kappa shape index (κ2) is 7.51. The predicted molar refractivity (Wildman–Crippen MR) is 79.0 cm³/mol. The number of rotatable bonds is 6. The van der Waals surface area contributed by atoms with E-state index in [2.05, 4.69) is 42.9 Å². The molecule has 0 aromatic carbocycles. The zero-order valence-electron chi connectivity index (χ0n) is 12.3. The fourth-order valence-electron chi connectivity index (χ4n) is 2.61. The lowest BCUT2D eigenvalue weighted by molar-refractivity contribution is 0.140. The van der Waals surface area contributed by atoms with Crippen LogP contribution < -0.4 is 10.6 Å². The Labute approximate surface area is 110 Å². The highest BCUT2D eigenvalue weighted by Gasteiger charge is 2.24. The molecule has 2 N–H and O–H groups in total. The fraction of sp³-hybridized carbons (Fsp3) is 1.00. The predicted octanol–water partition coefficient (Wildman–Crippen LogP) is 1.18. The van der Waals surface area contributed by atoms with E-state index < -0.39 is 0 Å². The van der Waals surface area contributed by atoms with Crippen molar-refractivity contribution < 1.29 is 0 Å². The molecule has 1 aliphatic carbocycles. The van der Waals surface area contributed by atoms with Crippen molar-refractivity contribution in [3.63, 3.8) is 0 Å². The van der Waals surface area contributed by atoms with Crippen molar-refractivity contribution in [1.82, 2.24) is 15.2 Å². The third-order valence-electron chi connectivity index (χ3n) is 3.54. The summed E-state index contributed by atoms with van der Waals surface area (Å²) in [6.07, 6.45) is 7.41. The molecule has 1 fully saturated rings. The SMILES string of the molecule is CC(C)NC(NC(C)C)N([SiH3])C1CCCCC1. The van der Waals surface area contributed by atoms with Crippen LogP contribution in [0.25, 0.3) is 0 Å². The Hall–Kier alpha value is 0.0969. The van der Waals surface area contributed by atoms with Gasteiger partial charge in [-0.1, -0.05) is 19.3 Å². The Morgan fingerprint density at radius 1 is 0.941 bits per heavy atom. The van der Waals surface area contributed by atoms with Crippen LogP contribution in [0.2, 0.25) is 0 Å². The van der Waals surface area contributed by atoms with Gasteiger partial charge in [0, 0.05) is 18.1 Å². The maximum Gasteiger partial charge on any atom is 0.108 e. The van der Waals surface area contributed by atoms with Crippen molar-refractivity contribution in [2.24, 2.45) is 0 Å². The zero-order valence-corrected chi connectivity index (χ0v) is 14.3. The van der Waals surface area contributed by atoms with Gasteiger partial charge in [-0.05, 0) is 40.5 Å². The first-order valence-electron chi connectivity index (χ1n) is 7.24. The third-order valence-corrected chi connectivity index (χ3v) is 4.79. The number of nitrogens with one attached hydrogen (secondary N) is 2. The Kier molecular flexibility index (Phi) is 6.70. The van der Waals surface area contributed by atoms with E-state index in [4.69, 9.17) is 0 Å². The summed E-state index contributed by atoms with van der Waals surface area (Å²) in [7, 11) is 1.13. The second-order valence-electron chi connectivity index (χ2n) is 6.00. The van der Waals surface area contributed by atoms with Gasteiger partial charge in [-0.2, -0.15) is 0 Å². The van der Waals surface area contributed by atoms with Gasteiger partial charge >= 0.3 is 0 Å². The number of hydrogen-bond acceptors (Lipinski definition) is 3. The molecule has 0 aromatic rings. The molecule has 102 valence electrons. The molecule has 1 saturated carbocycles. The lowest BCUT2D eigenvalue weighted by Gasteiger charge is -2.40. The summed E-state index contributed by atoms with van der Waals surface area (Å²) in [6.45, 7) is 8.91. The molecule has 0 amide bonds. The molecule has 17 heavy (non-hydrogen) atoms. The van der Waals surface area contributed by atoms with Crippen molar-refractivity contribution in [1.29, 1.82) is 0 Å². The number of hydrogen-bond donors (Lipinski definition) is 2. The molecular weight excluding hydrogens is 226 g/mol. The summed E-state index contributed by atoms with van der Waals surface area (Å²) in [4.78, 5) is 0. The molecule has 4 heteroatoms. The van der Waals surface area contributed by atoms with Crippen LogP contribution in [0.3, 0.4) is 0 Å². The monoisotopic (exact) mass is 257 g/mol. The minimum Gasteiger partial charge on any atom is -0.304 e. The molecule has 0 spiro atoms. The van der Waals surface area contributed by atoms with Crippen molar-refractivity contribution in [2.45, 2.75) is 84.2 Å². The lowest BCUT2D eigenvalue weighted by Crippen LogP contribution is -2.60. The molecule has 0 heterocycles. The highest BCUT2D eigenvalue weighted by Crippen LogP contribution is 2.22. The molecule has 0 radical (unpaired) electrons. The quantitative estimate of drug-likeness (QED) is 0.553. The Morgan fingerprint density at radius 2 is 1.41 bits per heavy atom. The van der Waals surface area contributed by atoms with E-state index in [-0.39, 0.29) is 0 Å². The molecule has 0 atom stereocenters. The summed E-state index contributed by atoms with van der Waals surface area (Å²) in [5.74, 6) is 0. The topological polar surface area (TPSA) is 27.3 Å². The maximum absolute atomic E-state index is 3.66. The molecule has 0 aromatic heterocycles. The van der Waals surface area contributed by atoms with E-state index in [0.717, 1.165) is 16.4 Å². The summed E-state index contributed by atoms with van der Waals surface area (Å²) in [5.41, 5.74) is 0. The van der Waals surface area contributed by atoms with Crippen LogP contribution >= 0.6 is 0 Å². The van der Waals surface area contributed by atoms with Gasteiger partial charge in [0.05, 0.1) is 10.4 Å². The maximum atomic E-state index is 3.66. The highest BCUT2D eigenvalue weighted by atomic mass is 28.2. The third kappa shape index (κ3) is 5.51. The summed E-state index contributed by atoms with van der Waals surface area (Å²) < 4.78 is 2.64. The van der Waals surface area contributed by atoms with Crippen molar-refractivity contribution >= 4 is 10.4 Å². The first kappa shape index (κ1) is 15.2. The van der Waals surface area contributed by atoms with Gasteiger partial charge in [0.1, 0.15) is 6.29 Å². The van der Waals surface area contributed by atoms with E-state index in [1.54, 1.807) is 0 Å². The van der Waals surface area contributed by atoms with Crippen LogP contribution in [0.1, 0.15) is 59.8 Å².